The third-order valence-corrected chi connectivity index (χ3v) is 2.43. The Morgan fingerprint density at radius 2 is 1.47 bits per heavy atom. The molecular weight excluding hydrogens is 216 g/mol. The van der Waals surface area contributed by atoms with E-state index >= 15 is 0 Å². The first kappa shape index (κ1) is 12.2. The molecule has 0 atom stereocenters. The van der Waals surface area contributed by atoms with Crippen LogP contribution >= 0.6 is 11.3 Å². The lowest BCUT2D eigenvalue weighted by Crippen LogP contribution is -2.07. The van der Waals surface area contributed by atoms with E-state index in [1.54, 1.807) is 14.2 Å². The summed E-state index contributed by atoms with van der Waals surface area (Å²) in [6.07, 6.45) is 0. The predicted molar refractivity (Wildman–Crippen MR) is 60.6 cm³/mol. The van der Waals surface area contributed by atoms with Gasteiger partial charge in [-0.05, 0) is 0 Å². The number of anilines is 2. The molecule has 6 nitrogen and oxygen atoms in total. The van der Waals surface area contributed by atoms with Crippen LogP contribution in [-0.2, 0) is 9.47 Å². The van der Waals surface area contributed by atoms with E-state index in [1.807, 2.05) is 0 Å². The van der Waals surface area contributed by atoms with Crippen molar-refractivity contribution in [3.8, 4) is 0 Å². The Balaban J connectivity index is 2.23. The lowest BCUT2D eigenvalue weighted by molar-refractivity contribution is 0.210. The van der Waals surface area contributed by atoms with Crippen molar-refractivity contribution in [2.45, 2.75) is 0 Å². The van der Waals surface area contributed by atoms with Crippen LogP contribution in [0.5, 0.6) is 0 Å². The second-order valence-corrected chi connectivity index (χ2v) is 3.73. The Kier molecular flexibility index (Phi) is 5.98. The summed E-state index contributed by atoms with van der Waals surface area (Å²) in [5.74, 6) is 0. The van der Waals surface area contributed by atoms with Gasteiger partial charge in [0, 0.05) is 27.3 Å². The van der Waals surface area contributed by atoms with Crippen LogP contribution in [0.3, 0.4) is 0 Å². The van der Waals surface area contributed by atoms with Crippen LogP contribution in [0.1, 0.15) is 0 Å². The Morgan fingerprint density at radius 3 is 1.87 bits per heavy atom. The van der Waals surface area contributed by atoms with Crippen LogP contribution < -0.4 is 10.6 Å². The highest BCUT2D eigenvalue weighted by Crippen LogP contribution is 2.18. The average molecular weight is 232 g/mol. The van der Waals surface area contributed by atoms with Crippen molar-refractivity contribution in [3.05, 3.63) is 0 Å². The van der Waals surface area contributed by atoms with Gasteiger partial charge in [-0.1, -0.05) is 11.3 Å². The predicted octanol–water partition coefficient (Wildman–Crippen LogP) is 0.655. The van der Waals surface area contributed by atoms with Gasteiger partial charge in [0.1, 0.15) is 0 Å². The normalized spacial score (nSPS) is 10.3. The quantitative estimate of drug-likeness (QED) is 0.642. The highest BCUT2D eigenvalue weighted by molar-refractivity contribution is 7.19. The molecule has 0 saturated carbocycles. The van der Waals surface area contributed by atoms with E-state index in [1.165, 1.54) is 11.3 Å². The molecule has 1 rings (SSSR count). The standard InChI is InChI=1S/C8H16N4O2S/c1-13-5-3-9-7-11-12-8(15-7)10-4-6-14-2/h3-6H2,1-2H3,(H,9,11)(H,10,12). The van der Waals surface area contributed by atoms with Crippen molar-refractivity contribution in [1.29, 1.82) is 0 Å². The highest BCUT2D eigenvalue weighted by atomic mass is 32.1. The molecule has 0 fully saturated rings. The number of nitrogens with one attached hydrogen (secondary N) is 2. The second-order valence-electron chi connectivity index (χ2n) is 2.75. The van der Waals surface area contributed by atoms with Gasteiger partial charge in [0.05, 0.1) is 13.2 Å². The lowest BCUT2D eigenvalue weighted by atomic mass is 10.7. The molecule has 0 radical (unpaired) electrons. The van der Waals surface area contributed by atoms with Gasteiger partial charge < -0.3 is 20.1 Å². The van der Waals surface area contributed by atoms with Crippen molar-refractivity contribution >= 4 is 21.6 Å². The molecule has 0 bridgehead atoms. The molecule has 15 heavy (non-hydrogen) atoms. The zero-order valence-electron chi connectivity index (χ0n) is 8.95. The Morgan fingerprint density at radius 1 is 1.00 bits per heavy atom. The molecule has 0 saturated heterocycles. The largest absolute Gasteiger partial charge is 0.383 e. The van der Waals surface area contributed by atoms with Gasteiger partial charge in [-0.15, -0.1) is 10.2 Å². The maximum Gasteiger partial charge on any atom is 0.207 e. The number of hydrogen-bond acceptors (Lipinski definition) is 7. The molecule has 2 N–H and O–H groups in total. The first-order valence-electron chi connectivity index (χ1n) is 4.66. The van der Waals surface area contributed by atoms with E-state index in [9.17, 15) is 0 Å². The number of ether oxygens (including phenoxy) is 2. The molecule has 1 heterocycles. The maximum atomic E-state index is 4.91. The van der Waals surface area contributed by atoms with Crippen molar-refractivity contribution in [1.82, 2.24) is 10.2 Å². The van der Waals surface area contributed by atoms with Crippen molar-refractivity contribution in [2.24, 2.45) is 0 Å². The third-order valence-electron chi connectivity index (χ3n) is 1.59. The number of nitrogens with zero attached hydrogens (tertiary/aromatic N) is 2. The van der Waals surface area contributed by atoms with Crippen molar-refractivity contribution in [2.75, 3.05) is 51.2 Å². The monoisotopic (exact) mass is 232 g/mol. The smallest absolute Gasteiger partial charge is 0.207 e. The van der Waals surface area contributed by atoms with Crippen molar-refractivity contribution in [3.63, 3.8) is 0 Å². The molecule has 0 amide bonds. The summed E-state index contributed by atoms with van der Waals surface area (Å²) in [4.78, 5) is 0. The molecule has 1 aromatic heterocycles. The molecule has 0 aliphatic heterocycles. The SMILES string of the molecule is COCCNc1nnc(NCCOC)s1. The number of hydrogen-bond donors (Lipinski definition) is 2. The van der Waals surface area contributed by atoms with Gasteiger partial charge in [-0.25, -0.2) is 0 Å². The first-order valence-corrected chi connectivity index (χ1v) is 5.47. The summed E-state index contributed by atoms with van der Waals surface area (Å²) in [6, 6.07) is 0. The summed E-state index contributed by atoms with van der Waals surface area (Å²) in [5, 5.41) is 15.7. The maximum absolute atomic E-state index is 4.91. The first-order chi connectivity index (χ1) is 7.36. The van der Waals surface area contributed by atoms with Gasteiger partial charge >= 0.3 is 0 Å². The zero-order chi connectivity index (χ0) is 10.9. The molecule has 86 valence electrons. The lowest BCUT2D eigenvalue weighted by Gasteiger charge is -1.99. The molecule has 0 aliphatic rings. The van der Waals surface area contributed by atoms with Crippen LogP contribution in [-0.4, -0.2) is 50.7 Å². The van der Waals surface area contributed by atoms with E-state index in [-0.39, 0.29) is 0 Å². The summed E-state index contributed by atoms with van der Waals surface area (Å²) in [6.45, 7) is 2.80. The molecular formula is C8H16N4O2S. The van der Waals surface area contributed by atoms with Crippen LogP contribution in [0.15, 0.2) is 0 Å². The number of methoxy groups -OCH3 is 2. The fraction of sp³-hybridized carbons (Fsp3) is 0.750. The Hall–Kier alpha value is -0.920. The van der Waals surface area contributed by atoms with Crippen LogP contribution in [0, 0.1) is 0 Å². The summed E-state index contributed by atoms with van der Waals surface area (Å²) in [7, 11) is 3.33. The van der Waals surface area contributed by atoms with E-state index in [4.69, 9.17) is 9.47 Å². The highest BCUT2D eigenvalue weighted by Gasteiger charge is 2.01. The molecule has 0 spiro atoms. The van der Waals surface area contributed by atoms with Gasteiger partial charge in [-0.2, -0.15) is 0 Å². The summed E-state index contributed by atoms with van der Waals surface area (Å²) < 4.78 is 9.82. The van der Waals surface area contributed by atoms with Crippen LogP contribution in [0.4, 0.5) is 10.3 Å². The van der Waals surface area contributed by atoms with Crippen molar-refractivity contribution < 1.29 is 9.47 Å². The molecule has 0 aromatic carbocycles. The number of aromatic nitrogens is 2. The molecule has 7 heteroatoms. The van der Waals surface area contributed by atoms with Crippen LogP contribution in [0.25, 0.3) is 0 Å². The summed E-state index contributed by atoms with van der Waals surface area (Å²) >= 11 is 1.48. The second kappa shape index (κ2) is 7.38. The van der Waals surface area contributed by atoms with Gasteiger partial charge in [0.2, 0.25) is 10.3 Å². The minimum Gasteiger partial charge on any atom is -0.383 e. The minimum absolute atomic E-state index is 0.659. The molecule has 0 unspecified atom stereocenters. The van der Waals surface area contributed by atoms with Gasteiger partial charge in [-0.3, -0.25) is 0 Å². The Bertz CT molecular complexity index is 244. The molecule has 1 aromatic rings. The fourth-order valence-corrected chi connectivity index (χ4v) is 1.58. The summed E-state index contributed by atoms with van der Waals surface area (Å²) in [5.41, 5.74) is 0. The van der Waals surface area contributed by atoms with E-state index < -0.39 is 0 Å². The van der Waals surface area contributed by atoms with Crippen LogP contribution in [0.2, 0.25) is 0 Å². The number of rotatable bonds is 8. The molecule has 0 aliphatic carbocycles. The van der Waals surface area contributed by atoms with E-state index in [2.05, 4.69) is 20.8 Å². The Labute approximate surface area is 93.0 Å². The average Bonchev–Trinajstić information content (AvgIpc) is 2.67. The fourth-order valence-electron chi connectivity index (χ4n) is 0.886. The van der Waals surface area contributed by atoms with Gasteiger partial charge in [0.25, 0.3) is 0 Å². The topological polar surface area (TPSA) is 68.3 Å². The minimum atomic E-state index is 0.659. The van der Waals surface area contributed by atoms with E-state index in [0.29, 0.717) is 13.2 Å². The van der Waals surface area contributed by atoms with Gasteiger partial charge in [0.15, 0.2) is 0 Å². The third kappa shape index (κ3) is 4.91. The van der Waals surface area contributed by atoms with E-state index in [0.717, 1.165) is 23.4 Å². The zero-order valence-corrected chi connectivity index (χ0v) is 9.76.